The number of para-hydroxylation sites is 1. The van der Waals surface area contributed by atoms with Crippen LogP contribution in [-0.4, -0.2) is 11.6 Å². The summed E-state index contributed by atoms with van der Waals surface area (Å²) in [4.78, 5) is 23.3. The van der Waals surface area contributed by atoms with Crippen molar-refractivity contribution in [1.82, 2.24) is 0 Å². The predicted octanol–water partition coefficient (Wildman–Crippen LogP) is 3.42. The third-order valence-electron chi connectivity index (χ3n) is 3.31. The summed E-state index contributed by atoms with van der Waals surface area (Å²) in [5.41, 5.74) is 3.38. The molecule has 3 heteroatoms. The molecule has 0 unspecified atom stereocenters. The van der Waals surface area contributed by atoms with Gasteiger partial charge in [0.05, 0.1) is 0 Å². The molecule has 1 aliphatic rings. The SMILES string of the molecule is Cc1ccccc1NC1=CC(=O)C(=O)C=C1C(C)(C)C. The largest absolute Gasteiger partial charge is 0.355 e. The second kappa shape index (κ2) is 5.08. The van der Waals surface area contributed by atoms with E-state index in [1.165, 1.54) is 12.2 Å². The Labute approximate surface area is 119 Å². The number of carbonyl (C=O) groups is 2. The predicted molar refractivity (Wildman–Crippen MR) is 80.4 cm³/mol. The van der Waals surface area contributed by atoms with E-state index in [2.05, 4.69) is 5.32 Å². The van der Waals surface area contributed by atoms with Gasteiger partial charge < -0.3 is 5.32 Å². The molecule has 0 bridgehead atoms. The zero-order chi connectivity index (χ0) is 14.9. The fourth-order valence-electron chi connectivity index (χ4n) is 2.14. The number of ketones is 2. The van der Waals surface area contributed by atoms with E-state index in [1.807, 2.05) is 52.0 Å². The summed E-state index contributed by atoms with van der Waals surface area (Å²) in [5.74, 6) is -0.931. The Hall–Kier alpha value is -2.16. The molecule has 0 saturated carbocycles. The molecule has 3 nitrogen and oxygen atoms in total. The molecule has 104 valence electrons. The van der Waals surface area contributed by atoms with Crippen LogP contribution in [0, 0.1) is 12.3 Å². The maximum absolute atomic E-state index is 11.6. The highest BCUT2D eigenvalue weighted by molar-refractivity contribution is 6.47. The van der Waals surface area contributed by atoms with E-state index in [-0.39, 0.29) is 5.41 Å². The van der Waals surface area contributed by atoms with E-state index in [9.17, 15) is 9.59 Å². The molecule has 2 rings (SSSR count). The average molecular weight is 269 g/mol. The molecule has 0 amide bonds. The van der Waals surface area contributed by atoms with Gasteiger partial charge in [-0.3, -0.25) is 9.59 Å². The number of carbonyl (C=O) groups excluding carboxylic acids is 2. The van der Waals surface area contributed by atoms with E-state index >= 15 is 0 Å². The minimum atomic E-state index is -0.478. The Kier molecular flexibility index (Phi) is 3.62. The van der Waals surface area contributed by atoms with Gasteiger partial charge in [-0.15, -0.1) is 0 Å². The Bertz CT molecular complexity index is 631. The van der Waals surface area contributed by atoms with Crippen molar-refractivity contribution < 1.29 is 9.59 Å². The number of aryl methyl sites for hydroxylation is 1. The number of benzene rings is 1. The topological polar surface area (TPSA) is 46.2 Å². The van der Waals surface area contributed by atoms with Crippen molar-refractivity contribution in [3.05, 3.63) is 53.3 Å². The summed E-state index contributed by atoms with van der Waals surface area (Å²) in [7, 11) is 0. The molecule has 1 aliphatic carbocycles. The first kappa shape index (κ1) is 14.3. The average Bonchev–Trinajstić information content (AvgIpc) is 2.35. The van der Waals surface area contributed by atoms with Crippen LogP contribution in [-0.2, 0) is 9.59 Å². The first-order chi connectivity index (χ1) is 9.29. The summed E-state index contributed by atoms with van der Waals surface area (Å²) >= 11 is 0. The quantitative estimate of drug-likeness (QED) is 0.661. The van der Waals surface area contributed by atoms with Crippen molar-refractivity contribution in [3.8, 4) is 0 Å². The lowest BCUT2D eigenvalue weighted by Gasteiger charge is -2.28. The van der Waals surface area contributed by atoms with Crippen molar-refractivity contribution in [2.75, 3.05) is 5.32 Å². The highest BCUT2D eigenvalue weighted by Crippen LogP contribution is 2.34. The van der Waals surface area contributed by atoms with Gasteiger partial charge in [-0.05, 0) is 35.6 Å². The van der Waals surface area contributed by atoms with Crippen LogP contribution >= 0.6 is 0 Å². The first-order valence-corrected chi connectivity index (χ1v) is 6.64. The number of nitrogens with one attached hydrogen (secondary N) is 1. The maximum atomic E-state index is 11.6. The molecule has 0 heterocycles. The van der Waals surface area contributed by atoms with Crippen molar-refractivity contribution in [2.45, 2.75) is 27.7 Å². The Balaban J connectivity index is 2.41. The molecule has 0 radical (unpaired) electrons. The van der Waals surface area contributed by atoms with Crippen LogP contribution in [0.2, 0.25) is 0 Å². The smallest absolute Gasteiger partial charge is 0.227 e. The summed E-state index contributed by atoms with van der Waals surface area (Å²) in [5, 5.41) is 3.28. The fraction of sp³-hybridized carbons (Fsp3) is 0.294. The highest BCUT2D eigenvalue weighted by atomic mass is 16.2. The van der Waals surface area contributed by atoms with Crippen LogP contribution in [0.3, 0.4) is 0 Å². The Morgan fingerprint density at radius 3 is 2.15 bits per heavy atom. The van der Waals surface area contributed by atoms with Crippen LogP contribution in [0.25, 0.3) is 0 Å². The van der Waals surface area contributed by atoms with Crippen LogP contribution < -0.4 is 5.32 Å². The third kappa shape index (κ3) is 2.87. The molecule has 0 atom stereocenters. The number of allylic oxidation sites excluding steroid dienone is 3. The molecular formula is C17H19NO2. The van der Waals surface area contributed by atoms with Crippen LogP contribution in [0.5, 0.6) is 0 Å². The molecule has 0 spiro atoms. The third-order valence-corrected chi connectivity index (χ3v) is 3.31. The molecule has 0 aromatic heterocycles. The second-order valence-electron chi connectivity index (χ2n) is 6.03. The monoisotopic (exact) mass is 269 g/mol. The second-order valence-corrected chi connectivity index (χ2v) is 6.03. The van der Waals surface area contributed by atoms with Gasteiger partial charge in [0.15, 0.2) is 0 Å². The number of hydrogen-bond acceptors (Lipinski definition) is 3. The summed E-state index contributed by atoms with van der Waals surface area (Å²) in [6.45, 7) is 8.07. The molecule has 0 saturated heterocycles. The van der Waals surface area contributed by atoms with Crippen molar-refractivity contribution in [3.63, 3.8) is 0 Å². The number of hydrogen-bond donors (Lipinski definition) is 1. The Morgan fingerprint density at radius 2 is 1.55 bits per heavy atom. The minimum Gasteiger partial charge on any atom is -0.355 e. The first-order valence-electron chi connectivity index (χ1n) is 6.64. The van der Waals surface area contributed by atoms with Gasteiger partial charge in [-0.25, -0.2) is 0 Å². The summed E-state index contributed by atoms with van der Waals surface area (Å²) in [6, 6.07) is 7.85. The van der Waals surface area contributed by atoms with E-state index in [0.717, 1.165) is 16.8 Å². The van der Waals surface area contributed by atoms with E-state index in [4.69, 9.17) is 0 Å². The van der Waals surface area contributed by atoms with Gasteiger partial charge >= 0.3 is 0 Å². The van der Waals surface area contributed by atoms with Gasteiger partial charge in [0.1, 0.15) is 0 Å². The number of rotatable bonds is 2. The van der Waals surface area contributed by atoms with E-state index in [1.54, 1.807) is 0 Å². The highest BCUT2D eigenvalue weighted by Gasteiger charge is 2.28. The van der Waals surface area contributed by atoms with Gasteiger partial charge in [-0.1, -0.05) is 39.0 Å². The van der Waals surface area contributed by atoms with Crippen LogP contribution in [0.4, 0.5) is 5.69 Å². The van der Waals surface area contributed by atoms with Crippen molar-refractivity contribution in [2.24, 2.45) is 5.41 Å². The van der Waals surface area contributed by atoms with Crippen LogP contribution in [0.15, 0.2) is 47.7 Å². The molecular weight excluding hydrogens is 250 g/mol. The fourth-order valence-corrected chi connectivity index (χ4v) is 2.14. The standard InChI is InChI=1S/C17H19NO2/c1-11-7-5-6-8-13(11)18-14-10-16(20)15(19)9-12(14)17(2,3)4/h5-10,18H,1-4H3. The number of anilines is 1. The van der Waals surface area contributed by atoms with E-state index in [0.29, 0.717) is 5.70 Å². The lowest BCUT2D eigenvalue weighted by atomic mass is 9.81. The van der Waals surface area contributed by atoms with Crippen LogP contribution in [0.1, 0.15) is 26.3 Å². The minimum absolute atomic E-state index is 0.210. The van der Waals surface area contributed by atoms with Gasteiger partial charge in [-0.2, -0.15) is 0 Å². The molecule has 1 aromatic carbocycles. The zero-order valence-electron chi connectivity index (χ0n) is 12.3. The van der Waals surface area contributed by atoms with Crippen molar-refractivity contribution >= 4 is 17.3 Å². The van der Waals surface area contributed by atoms with Crippen molar-refractivity contribution in [1.29, 1.82) is 0 Å². The van der Waals surface area contributed by atoms with E-state index < -0.39 is 11.6 Å². The zero-order valence-corrected chi connectivity index (χ0v) is 12.3. The molecule has 1 N–H and O–H groups in total. The lowest BCUT2D eigenvalue weighted by Crippen LogP contribution is -2.25. The van der Waals surface area contributed by atoms with Gasteiger partial charge in [0.2, 0.25) is 11.6 Å². The summed E-state index contributed by atoms with van der Waals surface area (Å²) < 4.78 is 0. The molecule has 0 aliphatic heterocycles. The van der Waals surface area contributed by atoms with Gasteiger partial charge in [0, 0.05) is 17.5 Å². The molecule has 0 fully saturated rings. The molecule has 1 aromatic rings. The van der Waals surface area contributed by atoms with Gasteiger partial charge in [0.25, 0.3) is 0 Å². The lowest BCUT2D eigenvalue weighted by molar-refractivity contribution is -0.131. The normalized spacial score (nSPS) is 15.8. The molecule has 20 heavy (non-hydrogen) atoms. The maximum Gasteiger partial charge on any atom is 0.227 e. The summed E-state index contributed by atoms with van der Waals surface area (Å²) in [6.07, 6.45) is 2.85. The Morgan fingerprint density at radius 1 is 0.950 bits per heavy atom.